The van der Waals surface area contributed by atoms with Crippen LogP contribution in [-0.2, 0) is 22.4 Å². The number of benzene rings is 3. The monoisotopic (exact) mass is 456 g/mol. The maximum absolute atomic E-state index is 12.5. The minimum absolute atomic E-state index is 0.0521. The summed E-state index contributed by atoms with van der Waals surface area (Å²) in [5, 5.41) is 8.93. The maximum Gasteiger partial charge on any atom is 0.341 e. The van der Waals surface area contributed by atoms with Gasteiger partial charge in [-0.25, -0.2) is 4.79 Å². The van der Waals surface area contributed by atoms with E-state index in [9.17, 15) is 9.59 Å². The van der Waals surface area contributed by atoms with Crippen molar-refractivity contribution in [1.29, 1.82) is 0 Å². The largest absolute Gasteiger partial charge is 0.482 e. The van der Waals surface area contributed by atoms with Gasteiger partial charge in [0.05, 0.1) is 18.2 Å². The second-order valence-electron chi connectivity index (χ2n) is 8.51. The third-order valence-corrected chi connectivity index (χ3v) is 6.30. The number of hydrogen-bond donors (Lipinski definition) is 2. The van der Waals surface area contributed by atoms with Gasteiger partial charge in [-0.2, -0.15) is 0 Å². The van der Waals surface area contributed by atoms with E-state index in [0.29, 0.717) is 25.1 Å². The van der Waals surface area contributed by atoms with Crippen LogP contribution in [-0.4, -0.2) is 35.8 Å². The molecule has 0 radical (unpaired) electrons. The molecule has 6 heteroatoms. The summed E-state index contributed by atoms with van der Waals surface area (Å²) in [4.78, 5) is 28.3. The van der Waals surface area contributed by atoms with Gasteiger partial charge in [0.2, 0.25) is 5.91 Å². The highest BCUT2D eigenvalue weighted by molar-refractivity contribution is 6.12. The summed E-state index contributed by atoms with van der Waals surface area (Å²) in [5.41, 5.74) is 10.8. The molecule has 0 spiro atoms. The van der Waals surface area contributed by atoms with E-state index in [1.807, 2.05) is 72.8 Å². The zero-order chi connectivity index (χ0) is 23.9. The summed E-state index contributed by atoms with van der Waals surface area (Å²) < 4.78 is 5.47. The van der Waals surface area contributed by atoms with E-state index in [0.717, 1.165) is 34.4 Å². The van der Waals surface area contributed by atoms with E-state index in [1.165, 1.54) is 0 Å². The predicted molar refractivity (Wildman–Crippen MR) is 131 cm³/mol. The number of carbonyl (C=O) groups excluding carboxylic acids is 1. The number of amides is 1. The Hall–Kier alpha value is -3.93. The molecular formula is C28H28N2O4. The average Bonchev–Trinajstić information content (AvgIpc) is 2.86. The molecule has 2 atom stereocenters. The third-order valence-electron chi connectivity index (χ3n) is 6.30. The number of rotatable bonds is 9. The van der Waals surface area contributed by atoms with Gasteiger partial charge in [0, 0.05) is 11.1 Å². The van der Waals surface area contributed by atoms with Gasteiger partial charge in [-0.3, -0.25) is 9.79 Å². The molecule has 1 aliphatic carbocycles. The Kier molecular flexibility index (Phi) is 7.38. The van der Waals surface area contributed by atoms with Crippen molar-refractivity contribution >= 4 is 17.6 Å². The Morgan fingerprint density at radius 3 is 2.21 bits per heavy atom. The summed E-state index contributed by atoms with van der Waals surface area (Å²) in [6.45, 7) is -0.0656. The quantitative estimate of drug-likeness (QED) is 0.477. The summed E-state index contributed by atoms with van der Waals surface area (Å²) in [6, 6.07) is 25.5. The molecule has 34 heavy (non-hydrogen) atoms. The molecule has 0 saturated carbocycles. The molecule has 0 saturated heterocycles. The molecule has 3 aromatic carbocycles. The van der Waals surface area contributed by atoms with Crippen LogP contribution in [0.1, 0.15) is 28.7 Å². The SMILES string of the molecule is NC(=O)C(CN=C(c1ccccc1)c1ccccc1)C1CCc2c(cccc2OCC(=O)O)C1. The van der Waals surface area contributed by atoms with Gasteiger partial charge in [0.25, 0.3) is 0 Å². The first-order valence-corrected chi connectivity index (χ1v) is 11.4. The lowest BCUT2D eigenvalue weighted by atomic mass is 9.76. The van der Waals surface area contributed by atoms with Gasteiger partial charge in [0.1, 0.15) is 5.75 Å². The van der Waals surface area contributed by atoms with Crippen LogP contribution in [0, 0.1) is 11.8 Å². The standard InChI is InChI=1S/C28H28N2O4/c29-28(33)24(17-30-27(19-8-3-1-4-9-19)20-10-5-2-6-11-20)22-14-15-23-21(16-22)12-7-13-25(23)34-18-26(31)32/h1-13,22,24H,14-18H2,(H2,29,33)(H,31,32). The van der Waals surface area contributed by atoms with Crippen molar-refractivity contribution in [2.75, 3.05) is 13.2 Å². The topological polar surface area (TPSA) is 102 Å². The van der Waals surface area contributed by atoms with Crippen LogP contribution in [0.4, 0.5) is 0 Å². The Morgan fingerprint density at radius 1 is 0.971 bits per heavy atom. The fraction of sp³-hybridized carbons (Fsp3) is 0.250. The van der Waals surface area contributed by atoms with Crippen molar-refractivity contribution < 1.29 is 19.4 Å². The molecule has 0 heterocycles. The molecular weight excluding hydrogens is 428 g/mol. The fourth-order valence-corrected chi connectivity index (χ4v) is 4.62. The van der Waals surface area contributed by atoms with Crippen LogP contribution in [0.15, 0.2) is 83.9 Å². The van der Waals surface area contributed by atoms with Gasteiger partial charge < -0.3 is 15.6 Å². The highest BCUT2D eigenvalue weighted by Gasteiger charge is 2.31. The van der Waals surface area contributed by atoms with Crippen LogP contribution in [0.2, 0.25) is 0 Å². The fourth-order valence-electron chi connectivity index (χ4n) is 4.62. The van der Waals surface area contributed by atoms with E-state index >= 15 is 0 Å². The van der Waals surface area contributed by atoms with Crippen LogP contribution < -0.4 is 10.5 Å². The number of carbonyl (C=O) groups is 2. The highest BCUT2D eigenvalue weighted by Crippen LogP contribution is 2.35. The van der Waals surface area contributed by atoms with E-state index in [4.69, 9.17) is 20.6 Å². The number of carboxylic acid groups (broad SMARTS) is 1. The molecule has 0 aromatic heterocycles. The number of primary amides is 1. The molecule has 0 fully saturated rings. The minimum atomic E-state index is -1.01. The van der Waals surface area contributed by atoms with Crippen LogP contribution in [0.25, 0.3) is 0 Å². The number of ether oxygens (including phenoxy) is 1. The van der Waals surface area contributed by atoms with Gasteiger partial charge in [-0.1, -0.05) is 72.8 Å². The molecule has 1 amide bonds. The highest BCUT2D eigenvalue weighted by atomic mass is 16.5. The summed E-state index contributed by atoms with van der Waals surface area (Å²) >= 11 is 0. The van der Waals surface area contributed by atoms with Crippen LogP contribution in [0.3, 0.4) is 0 Å². The Labute approximate surface area is 199 Å². The molecule has 6 nitrogen and oxygen atoms in total. The average molecular weight is 457 g/mol. The molecule has 174 valence electrons. The molecule has 3 N–H and O–H groups in total. The van der Waals surface area contributed by atoms with Crippen molar-refractivity contribution in [3.63, 3.8) is 0 Å². The molecule has 4 rings (SSSR count). The smallest absolute Gasteiger partial charge is 0.341 e. The van der Waals surface area contributed by atoms with Crippen molar-refractivity contribution in [3.8, 4) is 5.75 Å². The zero-order valence-electron chi connectivity index (χ0n) is 18.9. The minimum Gasteiger partial charge on any atom is -0.482 e. The molecule has 2 unspecified atom stereocenters. The van der Waals surface area contributed by atoms with Gasteiger partial charge in [-0.05, 0) is 42.4 Å². The lowest BCUT2D eigenvalue weighted by molar-refractivity contribution is -0.139. The van der Waals surface area contributed by atoms with E-state index in [1.54, 1.807) is 6.07 Å². The zero-order valence-corrected chi connectivity index (χ0v) is 18.9. The summed E-state index contributed by atoms with van der Waals surface area (Å²) in [7, 11) is 0. The van der Waals surface area contributed by atoms with Crippen molar-refractivity contribution in [2.45, 2.75) is 19.3 Å². The summed E-state index contributed by atoms with van der Waals surface area (Å²) in [6.07, 6.45) is 2.14. The van der Waals surface area contributed by atoms with Gasteiger partial charge >= 0.3 is 5.97 Å². The predicted octanol–water partition coefficient (Wildman–Crippen LogP) is 3.89. The second-order valence-corrected chi connectivity index (χ2v) is 8.51. The van der Waals surface area contributed by atoms with Crippen LogP contribution >= 0.6 is 0 Å². The molecule has 0 aliphatic heterocycles. The maximum atomic E-state index is 12.5. The number of fused-ring (bicyclic) bond motifs is 1. The van der Waals surface area contributed by atoms with Crippen LogP contribution in [0.5, 0.6) is 5.75 Å². The lowest BCUT2D eigenvalue weighted by Gasteiger charge is -2.30. The summed E-state index contributed by atoms with van der Waals surface area (Å²) in [5.74, 6) is -1.11. The number of hydrogen-bond acceptors (Lipinski definition) is 4. The number of aliphatic imine (C=N–C) groups is 1. The number of carboxylic acids is 1. The Morgan fingerprint density at radius 2 is 1.62 bits per heavy atom. The van der Waals surface area contributed by atoms with Crippen molar-refractivity contribution in [1.82, 2.24) is 0 Å². The molecule has 3 aromatic rings. The normalized spacial score (nSPS) is 15.6. The van der Waals surface area contributed by atoms with Crippen molar-refractivity contribution in [2.24, 2.45) is 22.6 Å². The number of aliphatic carboxylic acids is 1. The van der Waals surface area contributed by atoms with E-state index < -0.39 is 11.9 Å². The number of nitrogens with zero attached hydrogens (tertiary/aromatic N) is 1. The van der Waals surface area contributed by atoms with E-state index in [2.05, 4.69) is 0 Å². The van der Waals surface area contributed by atoms with E-state index in [-0.39, 0.29) is 18.4 Å². The first-order valence-electron chi connectivity index (χ1n) is 11.4. The third kappa shape index (κ3) is 5.52. The lowest BCUT2D eigenvalue weighted by Crippen LogP contribution is -2.35. The Bertz CT molecular complexity index is 1130. The Balaban J connectivity index is 1.57. The van der Waals surface area contributed by atoms with Gasteiger partial charge in [-0.15, -0.1) is 0 Å². The van der Waals surface area contributed by atoms with Gasteiger partial charge in [0.15, 0.2) is 6.61 Å². The van der Waals surface area contributed by atoms with Crippen molar-refractivity contribution in [3.05, 3.63) is 101 Å². The second kappa shape index (κ2) is 10.8. The molecule has 0 bridgehead atoms. The molecule has 1 aliphatic rings. The first-order chi connectivity index (χ1) is 16.5. The first kappa shape index (κ1) is 23.2. The number of nitrogens with two attached hydrogens (primary N) is 1.